The third-order valence-electron chi connectivity index (χ3n) is 5.58. The maximum absolute atomic E-state index is 12.7. The molecule has 0 saturated carbocycles. The van der Waals surface area contributed by atoms with Gasteiger partial charge in [0.2, 0.25) is 0 Å². The molecule has 0 aliphatic carbocycles. The van der Waals surface area contributed by atoms with E-state index in [1.807, 2.05) is 38.1 Å². The van der Waals surface area contributed by atoms with Crippen LogP contribution in [0.2, 0.25) is 0 Å². The largest absolute Gasteiger partial charge is 0.462 e. The van der Waals surface area contributed by atoms with E-state index >= 15 is 0 Å². The zero-order valence-electron chi connectivity index (χ0n) is 21.0. The summed E-state index contributed by atoms with van der Waals surface area (Å²) in [5.41, 5.74) is 2.27. The van der Waals surface area contributed by atoms with Crippen LogP contribution >= 0.6 is 11.3 Å². The summed E-state index contributed by atoms with van der Waals surface area (Å²) < 4.78 is 10.3. The quantitative estimate of drug-likeness (QED) is 0.349. The predicted molar refractivity (Wildman–Crippen MR) is 142 cm³/mol. The average molecular weight is 523 g/mol. The normalized spacial score (nSPS) is 11.3. The van der Waals surface area contributed by atoms with Gasteiger partial charge in [-0.2, -0.15) is 0 Å². The second-order valence-electron chi connectivity index (χ2n) is 8.14. The molecule has 1 atom stereocenters. The lowest BCUT2D eigenvalue weighted by Crippen LogP contribution is -2.31. The van der Waals surface area contributed by atoms with Gasteiger partial charge in [-0.25, -0.2) is 4.79 Å². The van der Waals surface area contributed by atoms with Crippen LogP contribution in [0.1, 0.15) is 63.0 Å². The van der Waals surface area contributed by atoms with E-state index in [9.17, 15) is 19.2 Å². The van der Waals surface area contributed by atoms with Crippen molar-refractivity contribution in [1.29, 1.82) is 0 Å². The van der Waals surface area contributed by atoms with Gasteiger partial charge in [0.15, 0.2) is 6.61 Å². The van der Waals surface area contributed by atoms with Crippen LogP contribution in [0.25, 0.3) is 0 Å². The van der Waals surface area contributed by atoms with Crippen molar-refractivity contribution in [3.8, 4) is 0 Å². The van der Waals surface area contributed by atoms with Crippen LogP contribution in [-0.4, -0.2) is 37.0 Å². The van der Waals surface area contributed by atoms with Crippen LogP contribution in [0.4, 0.5) is 5.00 Å². The van der Waals surface area contributed by atoms with Gasteiger partial charge >= 0.3 is 11.9 Å². The highest BCUT2D eigenvalue weighted by molar-refractivity contribution is 7.17. The van der Waals surface area contributed by atoms with Gasteiger partial charge in [0, 0.05) is 10.4 Å². The highest BCUT2D eigenvalue weighted by Gasteiger charge is 2.24. The Balaban J connectivity index is 1.64. The Morgan fingerprint density at radius 3 is 2.19 bits per heavy atom. The Morgan fingerprint density at radius 1 is 0.919 bits per heavy atom. The smallest absolute Gasteiger partial charge is 0.341 e. The molecule has 0 fully saturated rings. The molecule has 8 nitrogen and oxygen atoms in total. The van der Waals surface area contributed by atoms with Crippen LogP contribution in [0.5, 0.6) is 0 Å². The van der Waals surface area contributed by atoms with Crippen molar-refractivity contribution in [3.05, 3.63) is 87.8 Å². The molecule has 3 aromatic rings. The van der Waals surface area contributed by atoms with Gasteiger partial charge in [0.1, 0.15) is 5.00 Å². The van der Waals surface area contributed by atoms with E-state index in [0.717, 1.165) is 16.0 Å². The maximum atomic E-state index is 12.7. The number of benzene rings is 2. The third kappa shape index (κ3) is 7.50. The molecular weight excluding hydrogens is 492 g/mol. The molecule has 194 valence electrons. The number of hydrogen-bond acceptors (Lipinski definition) is 7. The lowest BCUT2D eigenvalue weighted by molar-refractivity contribution is -0.147. The predicted octanol–water partition coefficient (Wildman–Crippen LogP) is 4.84. The summed E-state index contributed by atoms with van der Waals surface area (Å²) in [7, 11) is 0. The van der Waals surface area contributed by atoms with Gasteiger partial charge in [-0.15, -0.1) is 11.3 Å². The number of rotatable bonds is 11. The fourth-order valence-electron chi connectivity index (χ4n) is 3.74. The first-order valence-electron chi connectivity index (χ1n) is 12.0. The number of anilines is 1. The second kappa shape index (κ2) is 13.4. The summed E-state index contributed by atoms with van der Waals surface area (Å²) in [4.78, 5) is 51.3. The summed E-state index contributed by atoms with van der Waals surface area (Å²) in [5, 5.41) is 5.90. The standard InChI is InChI=1S/C28H30N2O6S/c1-4-22-18(3)25(28(34)35-5-2)27(37-22)30-23(31)17-36-24(32)16-21(19-12-8-6-9-13-19)29-26(33)20-14-10-7-11-15-20/h6-15,21H,4-5,16-17H2,1-3H3,(H,29,33)(H,30,31). The van der Waals surface area contributed by atoms with Crippen molar-refractivity contribution >= 4 is 40.1 Å². The van der Waals surface area contributed by atoms with Crippen LogP contribution in [0, 0.1) is 6.92 Å². The highest BCUT2D eigenvalue weighted by Crippen LogP contribution is 2.34. The number of thiophene rings is 1. The molecule has 0 aliphatic rings. The zero-order chi connectivity index (χ0) is 26.8. The molecule has 0 radical (unpaired) electrons. The Morgan fingerprint density at radius 2 is 1.57 bits per heavy atom. The number of carbonyl (C=O) groups is 4. The highest BCUT2D eigenvalue weighted by atomic mass is 32.1. The lowest BCUT2D eigenvalue weighted by Gasteiger charge is -2.19. The molecule has 3 rings (SSSR count). The molecule has 1 heterocycles. The Bertz CT molecular complexity index is 1240. The van der Waals surface area contributed by atoms with Gasteiger partial charge in [-0.05, 0) is 43.5 Å². The van der Waals surface area contributed by atoms with Gasteiger partial charge < -0.3 is 20.1 Å². The lowest BCUT2D eigenvalue weighted by atomic mass is 10.0. The Hall–Kier alpha value is -3.98. The van der Waals surface area contributed by atoms with Crippen molar-refractivity contribution in [2.45, 2.75) is 39.7 Å². The number of aryl methyl sites for hydroxylation is 1. The van der Waals surface area contributed by atoms with Crippen LogP contribution in [0.15, 0.2) is 60.7 Å². The molecule has 9 heteroatoms. The van der Waals surface area contributed by atoms with Crippen LogP contribution < -0.4 is 10.6 Å². The molecule has 1 aromatic heterocycles. The van der Waals surface area contributed by atoms with E-state index in [1.165, 1.54) is 11.3 Å². The summed E-state index contributed by atoms with van der Waals surface area (Å²) in [6, 6.07) is 17.1. The first kappa shape index (κ1) is 27.6. The molecule has 0 saturated heterocycles. The molecule has 0 bridgehead atoms. The number of esters is 2. The van der Waals surface area contributed by atoms with E-state index in [2.05, 4.69) is 10.6 Å². The molecule has 1 unspecified atom stereocenters. The molecule has 2 aromatic carbocycles. The molecule has 0 aliphatic heterocycles. The van der Waals surface area contributed by atoms with Gasteiger partial charge in [0.05, 0.1) is 24.6 Å². The Labute approximate surface area is 220 Å². The average Bonchev–Trinajstić information content (AvgIpc) is 3.22. The van der Waals surface area contributed by atoms with E-state index in [0.29, 0.717) is 22.5 Å². The van der Waals surface area contributed by atoms with Crippen molar-refractivity contribution in [3.63, 3.8) is 0 Å². The number of hydrogen-bond donors (Lipinski definition) is 2. The summed E-state index contributed by atoms with van der Waals surface area (Å²) in [6.07, 6.45) is 0.533. The SMILES string of the molecule is CCOC(=O)c1c(NC(=O)COC(=O)CC(NC(=O)c2ccccc2)c2ccccc2)sc(CC)c1C. The monoisotopic (exact) mass is 522 g/mol. The first-order chi connectivity index (χ1) is 17.8. The van der Waals surface area contributed by atoms with Crippen molar-refractivity contribution < 1.29 is 28.7 Å². The minimum Gasteiger partial charge on any atom is -0.462 e. The van der Waals surface area contributed by atoms with Crippen LogP contribution in [-0.2, 0) is 25.5 Å². The van der Waals surface area contributed by atoms with Crippen molar-refractivity contribution in [1.82, 2.24) is 5.32 Å². The topological polar surface area (TPSA) is 111 Å². The number of carbonyl (C=O) groups excluding carboxylic acids is 4. The minimum absolute atomic E-state index is 0.165. The van der Waals surface area contributed by atoms with Crippen LogP contribution in [0.3, 0.4) is 0 Å². The van der Waals surface area contributed by atoms with Gasteiger partial charge in [-0.1, -0.05) is 55.5 Å². The Kier molecular flexibility index (Phi) is 9.97. The first-order valence-corrected chi connectivity index (χ1v) is 12.8. The van der Waals surface area contributed by atoms with E-state index in [-0.39, 0.29) is 18.9 Å². The minimum atomic E-state index is -0.653. The van der Waals surface area contributed by atoms with E-state index < -0.39 is 30.5 Å². The number of ether oxygens (including phenoxy) is 2. The molecule has 0 spiro atoms. The third-order valence-corrected chi connectivity index (χ3v) is 6.93. The number of nitrogens with one attached hydrogen (secondary N) is 2. The van der Waals surface area contributed by atoms with E-state index in [1.54, 1.807) is 43.3 Å². The molecule has 37 heavy (non-hydrogen) atoms. The molecular formula is C28H30N2O6S. The summed E-state index contributed by atoms with van der Waals surface area (Å²) in [6.45, 7) is 5.16. The maximum Gasteiger partial charge on any atom is 0.341 e. The summed E-state index contributed by atoms with van der Waals surface area (Å²) >= 11 is 1.29. The summed E-state index contributed by atoms with van der Waals surface area (Å²) in [5.74, 6) is -2.07. The molecule has 2 amide bonds. The fraction of sp³-hybridized carbons (Fsp3) is 0.286. The number of amides is 2. The molecule has 2 N–H and O–H groups in total. The van der Waals surface area contributed by atoms with Gasteiger partial charge in [0.25, 0.3) is 11.8 Å². The van der Waals surface area contributed by atoms with E-state index in [4.69, 9.17) is 9.47 Å². The fourth-order valence-corrected chi connectivity index (χ4v) is 4.89. The second-order valence-corrected chi connectivity index (χ2v) is 9.25. The zero-order valence-corrected chi connectivity index (χ0v) is 21.9. The van der Waals surface area contributed by atoms with Gasteiger partial charge in [-0.3, -0.25) is 14.4 Å². The van der Waals surface area contributed by atoms with Crippen molar-refractivity contribution in [2.75, 3.05) is 18.5 Å². The van der Waals surface area contributed by atoms with Crippen molar-refractivity contribution in [2.24, 2.45) is 0 Å².